The average Bonchev–Trinajstić information content (AvgIpc) is 3.10. The highest BCUT2D eigenvalue weighted by molar-refractivity contribution is 9.10. The number of aryl methyl sites for hydroxylation is 1. The van der Waals surface area contributed by atoms with Gasteiger partial charge in [0.05, 0.1) is 22.3 Å². The summed E-state index contributed by atoms with van der Waals surface area (Å²) in [6.07, 6.45) is 0. The van der Waals surface area contributed by atoms with Crippen molar-refractivity contribution in [3.63, 3.8) is 0 Å². The molecule has 28 heavy (non-hydrogen) atoms. The molecule has 0 aliphatic carbocycles. The Morgan fingerprint density at radius 1 is 0.893 bits per heavy atom. The first-order chi connectivity index (χ1) is 13.6. The van der Waals surface area contributed by atoms with Gasteiger partial charge in [0.25, 0.3) is 5.56 Å². The van der Waals surface area contributed by atoms with E-state index < -0.39 is 0 Å². The highest BCUT2D eigenvalue weighted by atomic mass is 79.9. The Bertz CT molecular complexity index is 1380. The Morgan fingerprint density at radius 2 is 1.64 bits per heavy atom. The first-order valence-corrected chi connectivity index (χ1v) is 9.78. The van der Waals surface area contributed by atoms with E-state index >= 15 is 0 Å². The predicted octanol–water partition coefficient (Wildman–Crippen LogP) is 5.38. The van der Waals surface area contributed by atoms with Crippen molar-refractivity contribution in [2.24, 2.45) is 0 Å². The highest BCUT2D eigenvalue weighted by Gasteiger charge is 2.16. The first kappa shape index (κ1) is 17.0. The number of rotatable bonds is 2. The summed E-state index contributed by atoms with van der Waals surface area (Å²) in [6.45, 7) is 2.05. The second kappa shape index (κ2) is 6.46. The second-order valence-electron chi connectivity index (χ2n) is 6.79. The zero-order chi connectivity index (χ0) is 19.3. The Labute approximate surface area is 169 Å². The molecule has 3 aromatic carbocycles. The molecule has 0 fully saturated rings. The van der Waals surface area contributed by atoms with E-state index in [1.807, 2.05) is 83.5 Å². The third-order valence-corrected chi connectivity index (χ3v) is 5.37. The zero-order valence-corrected chi connectivity index (χ0v) is 16.7. The maximum atomic E-state index is 13.4. The summed E-state index contributed by atoms with van der Waals surface area (Å²) in [7, 11) is 0. The molecule has 0 unspecified atom stereocenters. The molecule has 4 nitrogen and oxygen atoms in total. The number of benzene rings is 3. The Balaban J connectivity index is 1.95. The van der Waals surface area contributed by atoms with Crippen LogP contribution in [0.25, 0.3) is 33.5 Å². The Morgan fingerprint density at radius 3 is 2.39 bits per heavy atom. The van der Waals surface area contributed by atoms with Gasteiger partial charge in [-0.1, -0.05) is 64.0 Å². The van der Waals surface area contributed by atoms with Gasteiger partial charge in [-0.25, -0.2) is 9.67 Å². The number of nitrogens with zero attached hydrogens (tertiary/aromatic N) is 3. The van der Waals surface area contributed by atoms with Crippen molar-refractivity contribution in [2.75, 3.05) is 0 Å². The molecule has 0 aliphatic rings. The molecule has 5 rings (SSSR count). The van der Waals surface area contributed by atoms with E-state index in [1.54, 1.807) is 4.52 Å². The average molecular weight is 430 g/mol. The number of hydrogen-bond acceptors (Lipinski definition) is 2. The SMILES string of the molecule is Cc1ccc(-n2c(-c3ccccc3)cc3nc4ccc(Br)cc4c(=O)n32)cc1. The lowest BCUT2D eigenvalue weighted by atomic mass is 10.1. The monoisotopic (exact) mass is 429 g/mol. The molecule has 0 saturated carbocycles. The third kappa shape index (κ3) is 2.67. The molecule has 0 spiro atoms. The van der Waals surface area contributed by atoms with E-state index in [4.69, 9.17) is 4.98 Å². The maximum absolute atomic E-state index is 13.4. The van der Waals surface area contributed by atoms with Gasteiger partial charge in [-0.05, 0) is 37.3 Å². The van der Waals surface area contributed by atoms with Crippen molar-refractivity contribution >= 4 is 32.5 Å². The molecule has 0 atom stereocenters. The molecule has 2 aromatic heterocycles. The molecule has 2 heterocycles. The van der Waals surface area contributed by atoms with Gasteiger partial charge in [-0.3, -0.25) is 4.79 Å². The summed E-state index contributed by atoms with van der Waals surface area (Å²) < 4.78 is 4.46. The summed E-state index contributed by atoms with van der Waals surface area (Å²) in [5.41, 5.74) is 5.25. The number of fused-ring (bicyclic) bond motifs is 2. The molecule has 0 amide bonds. The fraction of sp³-hybridized carbons (Fsp3) is 0.0435. The van der Waals surface area contributed by atoms with Crippen LogP contribution in [-0.4, -0.2) is 14.2 Å². The van der Waals surface area contributed by atoms with Crippen molar-refractivity contribution in [3.05, 3.63) is 99.3 Å². The first-order valence-electron chi connectivity index (χ1n) is 8.98. The fourth-order valence-corrected chi connectivity index (χ4v) is 3.86. The van der Waals surface area contributed by atoms with Crippen LogP contribution >= 0.6 is 15.9 Å². The fourth-order valence-electron chi connectivity index (χ4n) is 3.50. The van der Waals surface area contributed by atoms with Gasteiger partial charge in [-0.15, -0.1) is 0 Å². The molecule has 0 bridgehead atoms. The number of aromatic nitrogens is 3. The van der Waals surface area contributed by atoms with Gasteiger partial charge in [0, 0.05) is 16.1 Å². The van der Waals surface area contributed by atoms with Crippen molar-refractivity contribution in [1.29, 1.82) is 0 Å². The molecule has 0 radical (unpaired) electrons. The van der Waals surface area contributed by atoms with E-state index in [0.717, 1.165) is 21.4 Å². The summed E-state index contributed by atoms with van der Waals surface area (Å²) in [6, 6.07) is 25.8. The summed E-state index contributed by atoms with van der Waals surface area (Å²) in [4.78, 5) is 18.2. The van der Waals surface area contributed by atoms with Crippen LogP contribution in [0, 0.1) is 6.92 Å². The molecule has 0 saturated heterocycles. The van der Waals surface area contributed by atoms with E-state index in [9.17, 15) is 4.79 Å². The van der Waals surface area contributed by atoms with Gasteiger partial charge in [0.1, 0.15) is 0 Å². The summed E-state index contributed by atoms with van der Waals surface area (Å²) in [5.74, 6) is 0. The lowest BCUT2D eigenvalue weighted by Crippen LogP contribution is -2.21. The lowest BCUT2D eigenvalue weighted by molar-refractivity contribution is 0.778. The molecule has 0 aliphatic heterocycles. The van der Waals surface area contributed by atoms with Crippen LogP contribution < -0.4 is 5.56 Å². The van der Waals surface area contributed by atoms with Gasteiger partial charge >= 0.3 is 0 Å². The lowest BCUT2D eigenvalue weighted by Gasteiger charge is -2.12. The normalized spacial score (nSPS) is 11.4. The molecule has 5 aromatic rings. The van der Waals surface area contributed by atoms with E-state index in [0.29, 0.717) is 16.6 Å². The predicted molar refractivity (Wildman–Crippen MR) is 116 cm³/mol. The van der Waals surface area contributed by atoms with Crippen molar-refractivity contribution in [3.8, 4) is 16.9 Å². The van der Waals surface area contributed by atoms with Crippen LogP contribution in [0.3, 0.4) is 0 Å². The van der Waals surface area contributed by atoms with Crippen LogP contribution in [0.5, 0.6) is 0 Å². The molecular weight excluding hydrogens is 414 g/mol. The van der Waals surface area contributed by atoms with E-state index in [1.165, 1.54) is 5.56 Å². The van der Waals surface area contributed by atoms with Crippen molar-refractivity contribution < 1.29 is 0 Å². The largest absolute Gasteiger partial charge is 0.281 e. The van der Waals surface area contributed by atoms with Gasteiger partial charge in [0.2, 0.25) is 0 Å². The van der Waals surface area contributed by atoms with Crippen LogP contribution in [0.4, 0.5) is 0 Å². The quantitative estimate of drug-likeness (QED) is 0.378. The minimum absolute atomic E-state index is 0.0935. The number of hydrogen-bond donors (Lipinski definition) is 0. The van der Waals surface area contributed by atoms with Gasteiger partial charge in [0.15, 0.2) is 5.65 Å². The third-order valence-electron chi connectivity index (χ3n) is 4.88. The minimum atomic E-state index is -0.0935. The van der Waals surface area contributed by atoms with Crippen LogP contribution in [0.1, 0.15) is 5.56 Å². The second-order valence-corrected chi connectivity index (χ2v) is 7.71. The zero-order valence-electron chi connectivity index (χ0n) is 15.1. The standard InChI is InChI=1S/C23H16BrN3O/c1-15-7-10-18(11-8-15)26-21(16-5-3-2-4-6-16)14-22-25-20-12-9-17(24)13-19(20)23(28)27(22)26/h2-14H,1H3. The molecule has 0 N–H and O–H groups in total. The summed E-state index contributed by atoms with van der Waals surface area (Å²) >= 11 is 3.46. The van der Waals surface area contributed by atoms with Crippen molar-refractivity contribution in [1.82, 2.24) is 14.2 Å². The van der Waals surface area contributed by atoms with Crippen LogP contribution in [-0.2, 0) is 0 Å². The Hall–Kier alpha value is -3.18. The van der Waals surface area contributed by atoms with Gasteiger partial charge in [-0.2, -0.15) is 4.52 Å². The molecular formula is C23H16BrN3O. The van der Waals surface area contributed by atoms with E-state index in [-0.39, 0.29) is 5.56 Å². The number of halogens is 1. The van der Waals surface area contributed by atoms with Gasteiger partial charge < -0.3 is 0 Å². The molecule has 136 valence electrons. The Kier molecular flexibility index (Phi) is 3.91. The maximum Gasteiger partial charge on any atom is 0.281 e. The smallest absolute Gasteiger partial charge is 0.267 e. The van der Waals surface area contributed by atoms with Crippen LogP contribution in [0.15, 0.2) is 88.1 Å². The van der Waals surface area contributed by atoms with E-state index in [2.05, 4.69) is 22.9 Å². The minimum Gasteiger partial charge on any atom is -0.267 e. The highest BCUT2D eigenvalue weighted by Crippen LogP contribution is 2.26. The van der Waals surface area contributed by atoms with Crippen LogP contribution in [0.2, 0.25) is 0 Å². The van der Waals surface area contributed by atoms with Crippen molar-refractivity contribution in [2.45, 2.75) is 6.92 Å². The topological polar surface area (TPSA) is 39.3 Å². The molecule has 5 heteroatoms. The summed E-state index contributed by atoms with van der Waals surface area (Å²) in [5, 5.41) is 0.581.